The summed E-state index contributed by atoms with van der Waals surface area (Å²) >= 11 is 0. The van der Waals surface area contributed by atoms with Crippen LogP contribution < -0.4 is 5.73 Å². The Morgan fingerprint density at radius 2 is 1.47 bits per heavy atom. The Morgan fingerprint density at radius 1 is 1.06 bits per heavy atom. The minimum Gasteiger partial charge on any atom is -0.465 e. The topological polar surface area (TPSA) is 94.1 Å². The van der Waals surface area contributed by atoms with Crippen LogP contribution in [-0.2, 0) is 14.3 Å². The Balaban J connectivity index is 0. The molecule has 0 aliphatic carbocycles. The van der Waals surface area contributed by atoms with Crippen molar-refractivity contribution < 1.29 is 14.3 Å². The number of nitrogens with two attached hydrogens (primary N) is 1. The van der Waals surface area contributed by atoms with E-state index in [0.29, 0.717) is 0 Å². The van der Waals surface area contributed by atoms with E-state index in [1.165, 1.54) is 13.3 Å². The number of hydrogen-bond acceptors (Lipinski definition) is 5. The highest BCUT2D eigenvalue weighted by atomic mass is 16.5. The van der Waals surface area contributed by atoms with Gasteiger partial charge in [-0.05, 0) is 27.7 Å². The van der Waals surface area contributed by atoms with Gasteiger partial charge in [-0.3, -0.25) is 14.8 Å². The summed E-state index contributed by atoms with van der Waals surface area (Å²) in [6, 6.07) is 0.312. The van der Waals surface area contributed by atoms with Crippen LogP contribution in [-0.4, -0.2) is 43.5 Å². The van der Waals surface area contributed by atoms with E-state index in [2.05, 4.69) is 14.7 Å². The zero-order valence-corrected chi connectivity index (χ0v) is 11.0. The van der Waals surface area contributed by atoms with E-state index in [4.69, 9.17) is 5.73 Å². The Morgan fingerprint density at radius 3 is 1.71 bits per heavy atom. The van der Waals surface area contributed by atoms with E-state index in [1.807, 2.05) is 27.7 Å². The number of rotatable bonds is 4. The number of aliphatic imine (C=N–C) groups is 2. The maximum atomic E-state index is 10.3. The molecule has 0 atom stereocenters. The normalized spacial score (nSPS) is 10.8. The van der Waals surface area contributed by atoms with Gasteiger partial charge in [0.05, 0.1) is 13.3 Å². The van der Waals surface area contributed by atoms with Crippen molar-refractivity contribution in [3.05, 3.63) is 0 Å². The number of methoxy groups -OCH3 is 1. The van der Waals surface area contributed by atoms with Crippen LogP contribution in [0, 0.1) is 0 Å². The van der Waals surface area contributed by atoms with Crippen molar-refractivity contribution in [1.29, 1.82) is 0 Å². The van der Waals surface area contributed by atoms with Crippen molar-refractivity contribution in [2.45, 2.75) is 39.8 Å². The highest BCUT2D eigenvalue weighted by Gasteiger charge is 1.91. The largest absolute Gasteiger partial charge is 0.465 e. The lowest BCUT2D eigenvalue weighted by atomic mass is 10.4. The van der Waals surface area contributed by atoms with Crippen molar-refractivity contribution in [3.63, 3.8) is 0 Å². The van der Waals surface area contributed by atoms with Crippen LogP contribution in [0.3, 0.4) is 0 Å². The zero-order chi connectivity index (χ0) is 13.8. The fourth-order valence-electron chi connectivity index (χ4n) is 0.485. The second-order valence-corrected chi connectivity index (χ2v) is 3.67. The lowest BCUT2D eigenvalue weighted by Crippen LogP contribution is -2.12. The molecule has 0 unspecified atom stereocenters. The van der Waals surface area contributed by atoms with Gasteiger partial charge in [-0.1, -0.05) is 0 Å². The first kappa shape index (κ1) is 17.7. The molecule has 0 saturated heterocycles. The number of hydrogen-bond donors (Lipinski definition) is 1. The molecule has 2 N–H and O–H groups in total. The number of carbonyl (C=O) groups is 2. The summed E-state index contributed by atoms with van der Waals surface area (Å²) in [5, 5.41) is 0. The van der Waals surface area contributed by atoms with Crippen molar-refractivity contribution in [2.24, 2.45) is 15.7 Å². The van der Waals surface area contributed by atoms with Gasteiger partial charge in [0.2, 0.25) is 0 Å². The standard InChI is InChI=1S/C6H11NO2.C5H10N2O/c1-5(2)7-4-6(8)9-3;1-4(2)7-3-5(6)8/h4-5H,1-3H3;3-4H,1-2H3,(H2,6,8). The van der Waals surface area contributed by atoms with Crippen LogP contribution in [0.1, 0.15) is 27.7 Å². The van der Waals surface area contributed by atoms with Gasteiger partial charge >= 0.3 is 5.97 Å². The molecule has 6 heteroatoms. The van der Waals surface area contributed by atoms with Gasteiger partial charge in [0.25, 0.3) is 5.91 Å². The average Bonchev–Trinajstić information content (AvgIpc) is 2.23. The van der Waals surface area contributed by atoms with Gasteiger partial charge < -0.3 is 10.5 Å². The SMILES string of the molecule is CC(C)N=CC(N)=O.COC(=O)C=NC(C)C. The van der Waals surface area contributed by atoms with Crippen LogP contribution in [0.4, 0.5) is 0 Å². The molecule has 0 aromatic rings. The zero-order valence-electron chi connectivity index (χ0n) is 11.0. The van der Waals surface area contributed by atoms with E-state index >= 15 is 0 Å². The Hall–Kier alpha value is -1.72. The first-order valence-electron chi connectivity index (χ1n) is 5.23. The lowest BCUT2D eigenvalue weighted by molar-refractivity contribution is -0.132. The lowest BCUT2D eigenvalue weighted by Gasteiger charge is -1.92. The molecule has 0 rings (SSSR count). The highest BCUT2D eigenvalue weighted by molar-refractivity contribution is 6.25. The van der Waals surface area contributed by atoms with Crippen molar-refractivity contribution in [3.8, 4) is 0 Å². The van der Waals surface area contributed by atoms with Gasteiger partial charge in [-0.2, -0.15) is 0 Å². The van der Waals surface area contributed by atoms with E-state index in [9.17, 15) is 9.59 Å². The number of ether oxygens (including phenoxy) is 1. The maximum absolute atomic E-state index is 10.3. The van der Waals surface area contributed by atoms with E-state index < -0.39 is 11.9 Å². The quantitative estimate of drug-likeness (QED) is 0.578. The first-order valence-corrected chi connectivity index (χ1v) is 5.23. The summed E-state index contributed by atoms with van der Waals surface area (Å²) in [6.07, 6.45) is 2.31. The molecule has 0 aliphatic heterocycles. The summed E-state index contributed by atoms with van der Waals surface area (Å²) in [6.45, 7) is 7.53. The van der Waals surface area contributed by atoms with E-state index in [1.54, 1.807) is 0 Å². The van der Waals surface area contributed by atoms with E-state index in [0.717, 1.165) is 6.21 Å². The van der Waals surface area contributed by atoms with Crippen LogP contribution in [0.15, 0.2) is 9.98 Å². The Kier molecular flexibility index (Phi) is 11.2. The highest BCUT2D eigenvalue weighted by Crippen LogP contribution is 1.82. The number of nitrogens with zero attached hydrogens (tertiary/aromatic N) is 2. The third-order valence-electron chi connectivity index (χ3n) is 1.18. The average molecular weight is 243 g/mol. The van der Waals surface area contributed by atoms with Crippen molar-refractivity contribution >= 4 is 24.3 Å². The van der Waals surface area contributed by atoms with Crippen molar-refractivity contribution in [2.75, 3.05) is 7.11 Å². The molecule has 0 fully saturated rings. The molecule has 0 aromatic heterocycles. The van der Waals surface area contributed by atoms with Crippen LogP contribution in [0.5, 0.6) is 0 Å². The fourth-order valence-corrected chi connectivity index (χ4v) is 0.485. The van der Waals surface area contributed by atoms with Crippen molar-refractivity contribution in [1.82, 2.24) is 0 Å². The first-order chi connectivity index (χ1) is 7.79. The molecule has 0 aliphatic rings. The predicted molar refractivity (Wildman–Crippen MR) is 68.5 cm³/mol. The fraction of sp³-hybridized carbons (Fsp3) is 0.636. The molecule has 1 amide bonds. The molecule has 0 heterocycles. The molecule has 6 nitrogen and oxygen atoms in total. The van der Waals surface area contributed by atoms with Gasteiger partial charge in [0.15, 0.2) is 0 Å². The van der Waals surface area contributed by atoms with Gasteiger partial charge in [-0.15, -0.1) is 0 Å². The third kappa shape index (κ3) is 20.4. The Bertz CT molecular complexity index is 284. The molecular weight excluding hydrogens is 222 g/mol. The van der Waals surface area contributed by atoms with Gasteiger partial charge in [0.1, 0.15) is 6.21 Å². The number of amides is 1. The van der Waals surface area contributed by atoms with Gasteiger partial charge in [0, 0.05) is 12.1 Å². The summed E-state index contributed by atoms with van der Waals surface area (Å²) in [7, 11) is 1.33. The smallest absolute Gasteiger partial charge is 0.348 e. The summed E-state index contributed by atoms with van der Waals surface area (Å²) in [4.78, 5) is 27.8. The van der Waals surface area contributed by atoms with Crippen LogP contribution >= 0.6 is 0 Å². The van der Waals surface area contributed by atoms with Crippen LogP contribution in [0.2, 0.25) is 0 Å². The Labute approximate surface area is 102 Å². The van der Waals surface area contributed by atoms with Crippen LogP contribution in [0.25, 0.3) is 0 Å². The molecule has 0 spiro atoms. The number of esters is 1. The number of primary amides is 1. The number of carbonyl (C=O) groups excluding carboxylic acids is 2. The molecule has 98 valence electrons. The maximum Gasteiger partial charge on any atom is 0.348 e. The second kappa shape index (κ2) is 10.8. The summed E-state index contributed by atoms with van der Waals surface area (Å²) in [5.41, 5.74) is 4.75. The monoisotopic (exact) mass is 243 g/mol. The van der Waals surface area contributed by atoms with Gasteiger partial charge in [-0.25, -0.2) is 4.79 Å². The molecular formula is C11H21N3O3. The molecule has 0 saturated carbocycles. The third-order valence-corrected chi connectivity index (χ3v) is 1.18. The summed E-state index contributed by atoms with van der Waals surface area (Å²) in [5.74, 6) is -0.887. The second-order valence-electron chi connectivity index (χ2n) is 3.67. The molecule has 0 radical (unpaired) electrons. The minimum atomic E-state index is -0.487. The predicted octanol–water partition coefficient (Wildman–Crippen LogP) is 0.589. The molecule has 0 aromatic carbocycles. The minimum absolute atomic E-state index is 0.155. The van der Waals surface area contributed by atoms with E-state index in [-0.39, 0.29) is 12.1 Å². The molecule has 0 bridgehead atoms. The molecule has 17 heavy (non-hydrogen) atoms. The summed E-state index contributed by atoms with van der Waals surface area (Å²) < 4.78 is 4.31.